The van der Waals surface area contributed by atoms with Crippen LogP contribution in [-0.2, 0) is 6.42 Å². The molecule has 2 heteroatoms. The van der Waals surface area contributed by atoms with Crippen molar-refractivity contribution in [3.63, 3.8) is 0 Å². The van der Waals surface area contributed by atoms with E-state index in [0.717, 1.165) is 12.5 Å². The van der Waals surface area contributed by atoms with E-state index in [0.29, 0.717) is 12.1 Å². The number of piperidine rings is 1. The van der Waals surface area contributed by atoms with E-state index in [9.17, 15) is 0 Å². The van der Waals surface area contributed by atoms with Gasteiger partial charge in [-0.05, 0) is 70.6 Å². The Morgan fingerprint density at radius 1 is 1.14 bits per heavy atom. The molecule has 1 fully saturated rings. The van der Waals surface area contributed by atoms with Gasteiger partial charge >= 0.3 is 0 Å². The molecule has 1 saturated heterocycles. The van der Waals surface area contributed by atoms with Crippen LogP contribution in [0.15, 0.2) is 30.3 Å². The van der Waals surface area contributed by atoms with Crippen molar-refractivity contribution in [3.05, 3.63) is 35.9 Å². The first-order valence-electron chi connectivity index (χ1n) is 8.72. The molecule has 0 aliphatic carbocycles. The summed E-state index contributed by atoms with van der Waals surface area (Å²) in [5.41, 5.74) is 1.50. The van der Waals surface area contributed by atoms with Crippen molar-refractivity contribution >= 4 is 0 Å². The van der Waals surface area contributed by atoms with Crippen LogP contribution in [0.2, 0.25) is 0 Å². The van der Waals surface area contributed by atoms with Crippen LogP contribution in [0.4, 0.5) is 0 Å². The Kier molecular flexibility index (Phi) is 6.72. The van der Waals surface area contributed by atoms with Gasteiger partial charge in [0, 0.05) is 12.1 Å². The smallest absolute Gasteiger partial charge is 0.0218 e. The highest BCUT2D eigenvalue weighted by Crippen LogP contribution is 2.23. The van der Waals surface area contributed by atoms with Gasteiger partial charge in [-0.3, -0.25) is 4.90 Å². The normalized spacial score (nSPS) is 20.3. The van der Waals surface area contributed by atoms with Crippen molar-refractivity contribution in [1.29, 1.82) is 0 Å². The monoisotopic (exact) mass is 288 g/mol. The Bertz CT molecular complexity index is 382. The van der Waals surface area contributed by atoms with E-state index < -0.39 is 0 Å². The third-order valence-corrected chi connectivity index (χ3v) is 5.03. The molecule has 0 radical (unpaired) electrons. The molecule has 0 bridgehead atoms. The molecule has 1 N–H and O–H groups in total. The van der Waals surface area contributed by atoms with Crippen molar-refractivity contribution in [2.75, 3.05) is 19.6 Å². The van der Waals surface area contributed by atoms with E-state index >= 15 is 0 Å². The fourth-order valence-corrected chi connectivity index (χ4v) is 3.37. The molecule has 21 heavy (non-hydrogen) atoms. The fourth-order valence-electron chi connectivity index (χ4n) is 3.37. The molecule has 0 spiro atoms. The number of likely N-dealkylation sites (tertiary alicyclic amines) is 1. The molecule has 1 aliphatic heterocycles. The number of hydrogen-bond donors (Lipinski definition) is 1. The van der Waals surface area contributed by atoms with Crippen LogP contribution in [0.25, 0.3) is 0 Å². The minimum absolute atomic E-state index is 0.593. The zero-order valence-electron chi connectivity index (χ0n) is 14.0. The van der Waals surface area contributed by atoms with Gasteiger partial charge in [0.05, 0.1) is 0 Å². The average molecular weight is 288 g/mol. The summed E-state index contributed by atoms with van der Waals surface area (Å²) in [5.74, 6) is 0.870. The summed E-state index contributed by atoms with van der Waals surface area (Å²) in [6.45, 7) is 10.6. The maximum Gasteiger partial charge on any atom is 0.0218 e. The molecule has 1 aromatic rings. The predicted molar refractivity (Wildman–Crippen MR) is 91.7 cm³/mol. The molecule has 2 unspecified atom stereocenters. The summed E-state index contributed by atoms with van der Waals surface area (Å²) in [5, 5.41) is 3.64. The summed E-state index contributed by atoms with van der Waals surface area (Å²) < 4.78 is 0. The fraction of sp³-hybridized carbons (Fsp3) is 0.684. The zero-order chi connectivity index (χ0) is 15.1. The molecule has 1 aromatic carbocycles. The minimum Gasteiger partial charge on any atom is -0.313 e. The second-order valence-corrected chi connectivity index (χ2v) is 6.65. The molecular weight excluding hydrogens is 256 g/mol. The Morgan fingerprint density at radius 2 is 1.81 bits per heavy atom. The number of rotatable bonds is 7. The third kappa shape index (κ3) is 5.12. The van der Waals surface area contributed by atoms with Gasteiger partial charge in [-0.25, -0.2) is 0 Å². The molecule has 2 nitrogen and oxygen atoms in total. The van der Waals surface area contributed by atoms with E-state index in [1.165, 1.54) is 44.3 Å². The summed E-state index contributed by atoms with van der Waals surface area (Å²) in [7, 11) is 0. The lowest BCUT2D eigenvalue weighted by Crippen LogP contribution is -2.50. The van der Waals surface area contributed by atoms with Crippen molar-refractivity contribution in [1.82, 2.24) is 10.2 Å². The Morgan fingerprint density at radius 3 is 2.43 bits per heavy atom. The first-order valence-corrected chi connectivity index (χ1v) is 8.72. The largest absolute Gasteiger partial charge is 0.313 e. The van der Waals surface area contributed by atoms with Crippen LogP contribution in [0.1, 0.15) is 45.6 Å². The Balaban J connectivity index is 1.75. The van der Waals surface area contributed by atoms with Crippen molar-refractivity contribution in [2.45, 2.75) is 58.5 Å². The maximum absolute atomic E-state index is 3.64. The summed E-state index contributed by atoms with van der Waals surface area (Å²) in [6.07, 6.45) is 5.17. The molecule has 0 saturated carbocycles. The molecule has 1 aliphatic rings. The molecule has 118 valence electrons. The Labute approximate surface area is 130 Å². The number of hydrogen-bond acceptors (Lipinski definition) is 2. The van der Waals surface area contributed by atoms with Gasteiger partial charge in [0.15, 0.2) is 0 Å². The highest BCUT2D eigenvalue weighted by Gasteiger charge is 2.25. The van der Waals surface area contributed by atoms with Crippen LogP contribution in [0, 0.1) is 5.92 Å². The van der Waals surface area contributed by atoms with Crippen LogP contribution in [0.3, 0.4) is 0 Å². The topological polar surface area (TPSA) is 15.3 Å². The van der Waals surface area contributed by atoms with Crippen LogP contribution >= 0.6 is 0 Å². The van der Waals surface area contributed by atoms with Gasteiger partial charge < -0.3 is 5.32 Å². The number of nitrogens with zero attached hydrogens (tertiary/aromatic N) is 1. The van der Waals surface area contributed by atoms with Gasteiger partial charge in [-0.1, -0.05) is 37.3 Å². The highest BCUT2D eigenvalue weighted by molar-refractivity contribution is 5.15. The Hall–Kier alpha value is -0.860. The van der Waals surface area contributed by atoms with E-state index in [4.69, 9.17) is 0 Å². The number of nitrogens with one attached hydrogen (secondary N) is 1. The first kappa shape index (κ1) is 16.5. The lowest BCUT2D eigenvalue weighted by Gasteiger charge is -2.39. The van der Waals surface area contributed by atoms with Crippen LogP contribution in [-0.4, -0.2) is 36.6 Å². The second kappa shape index (κ2) is 8.55. The molecule has 0 amide bonds. The second-order valence-electron chi connectivity index (χ2n) is 6.65. The number of benzene rings is 1. The van der Waals surface area contributed by atoms with E-state index in [2.05, 4.69) is 61.3 Å². The van der Waals surface area contributed by atoms with E-state index in [1.54, 1.807) is 0 Å². The zero-order valence-corrected chi connectivity index (χ0v) is 14.0. The quantitative estimate of drug-likeness (QED) is 0.822. The molecule has 2 atom stereocenters. The van der Waals surface area contributed by atoms with Gasteiger partial charge in [0.2, 0.25) is 0 Å². The molecule has 1 heterocycles. The maximum atomic E-state index is 3.64. The van der Waals surface area contributed by atoms with Crippen molar-refractivity contribution in [2.24, 2.45) is 5.92 Å². The minimum atomic E-state index is 0.593. The van der Waals surface area contributed by atoms with Crippen molar-refractivity contribution in [3.8, 4) is 0 Å². The van der Waals surface area contributed by atoms with E-state index in [-0.39, 0.29) is 0 Å². The summed E-state index contributed by atoms with van der Waals surface area (Å²) >= 11 is 0. The van der Waals surface area contributed by atoms with Gasteiger partial charge in [0.1, 0.15) is 0 Å². The van der Waals surface area contributed by atoms with Gasteiger partial charge in [-0.2, -0.15) is 0 Å². The third-order valence-electron chi connectivity index (χ3n) is 5.03. The molecule has 2 rings (SSSR count). The van der Waals surface area contributed by atoms with Gasteiger partial charge in [-0.15, -0.1) is 0 Å². The van der Waals surface area contributed by atoms with Gasteiger partial charge in [0.25, 0.3) is 0 Å². The highest BCUT2D eigenvalue weighted by atomic mass is 15.2. The summed E-state index contributed by atoms with van der Waals surface area (Å²) in [6, 6.07) is 12.2. The molecular formula is C19H32N2. The first-order chi connectivity index (χ1) is 10.2. The average Bonchev–Trinajstić information content (AvgIpc) is 2.53. The van der Waals surface area contributed by atoms with Crippen LogP contribution < -0.4 is 5.32 Å². The lowest BCUT2D eigenvalue weighted by atomic mass is 9.89. The molecule has 0 aromatic heterocycles. The van der Waals surface area contributed by atoms with E-state index in [1.807, 2.05) is 0 Å². The van der Waals surface area contributed by atoms with Crippen molar-refractivity contribution < 1.29 is 0 Å². The predicted octanol–water partition coefficient (Wildman–Crippen LogP) is 3.72. The SMILES string of the molecule is CCCNC(C)C(C)N1CCC(Cc2ccccc2)CC1. The standard InChI is InChI=1S/C19H32N2/c1-4-12-20-16(2)17(3)21-13-10-19(11-14-21)15-18-8-6-5-7-9-18/h5-9,16-17,19-20H,4,10-15H2,1-3H3. The lowest BCUT2D eigenvalue weighted by molar-refractivity contribution is 0.120. The van der Waals surface area contributed by atoms with Crippen LogP contribution in [0.5, 0.6) is 0 Å². The summed E-state index contributed by atoms with van der Waals surface area (Å²) in [4.78, 5) is 2.68.